The highest BCUT2D eigenvalue weighted by Crippen LogP contribution is 2.33. The van der Waals surface area contributed by atoms with Crippen LogP contribution >= 0.6 is 0 Å². The van der Waals surface area contributed by atoms with Gasteiger partial charge in [0.25, 0.3) is 0 Å². The van der Waals surface area contributed by atoms with Gasteiger partial charge in [-0.2, -0.15) is 0 Å². The molecule has 7 heteroatoms. The molecule has 1 aromatic carbocycles. The lowest BCUT2D eigenvalue weighted by Crippen LogP contribution is -2.34. The van der Waals surface area contributed by atoms with E-state index in [0.29, 0.717) is 12.7 Å². The van der Waals surface area contributed by atoms with Crippen LogP contribution in [0.1, 0.15) is 36.0 Å². The first-order valence-electron chi connectivity index (χ1n) is 9.24. The molecule has 0 saturated carbocycles. The van der Waals surface area contributed by atoms with E-state index in [9.17, 15) is 0 Å². The maximum Gasteiger partial charge on any atom is 0.231 e. The van der Waals surface area contributed by atoms with E-state index in [1.54, 1.807) is 0 Å². The van der Waals surface area contributed by atoms with Crippen molar-refractivity contribution in [1.29, 1.82) is 0 Å². The molecule has 4 rings (SSSR count). The van der Waals surface area contributed by atoms with Gasteiger partial charge in [0.1, 0.15) is 11.6 Å². The third kappa shape index (κ3) is 3.54. The molecule has 2 aliphatic rings. The Balaban J connectivity index is 1.44. The molecule has 1 aromatic heterocycles. The summed E-state index contributed by atoms with van der Waals surface area (Å²) in [6.07, 6.45) is 2.36. The molecule has 2 aliphatic heterocycles. The van der Waals surface area contributed by atoms with Crippen LogP contribution in [0, 0.1) is 0 Å². The van der Waals surface area contributed by atoms with Gasteiger partial charge >= 0.3 is 0 Å². The normalized spacial score (nSPS) is 20.1. The number of hydrogen-bond donors (Lipinski definition) is 0. The van der Waals surface area contributed by atoms with Crippen molar-refractivity contribution in [3.63, 3.8) is 0 Å². The monoisotopic (exact) mass is 357 g/mol. The van der Waals surface area contributed by atoms with Crippen LogP contribution in [-0.4, -0.2) is 58.5 Å². The van der Waals surface area contributed by atoms with Gasteiger partial charge < -0.3 is 18.9 Å². The predicted molar refractivity (Wildman–Crippen MR) is 98.2 cm³/mol. The topological polar surface area (TPSA) is 55.7 Å². The molecule has 1 fully saturated rings. The average molecular weight is 357 g/mol. The second-order valence-corrected chi connectivity index (χ2v) is 7.53. The number of ether oxygens (including phenoxy) is 2. The van der Waals surface area contributed by atoms with E-state index >= 15 is 0 Å². The minimum Gasteiger partial charge on any atom is -0.454 e. The van der Waals surface area contributed by atoms with E-state index in [2.05, 4.69) is 57.8 Å². The fraction of sp³-hybridized carbons (Fsp3) is 0.579. The fourth-order valence-corrected chi connectivity index (χ4v) is 3.86. The lowest BCUT2D eigenvalue weighted by Gasteiger charge is -2.32. The first-order chi connectivity index (χ1) is 12.6. The summed E-state index contributed by atoms with van der Waals surface area (Å²) in [6, 6.07) is 6.24. The highest BCUT2D eigenvalue weighted by atomic mass is 16.7. The molecule has 1 saturated heterocycles. The van der Waals surface area contributed by atoms with Gasteiger partial charge in [-0.1, -0.05) is 6.07 Å². The molecule has 3 heterocycles. The lowest BCUT2D eigenvalue weighted by atomic mass is 9.96. The zero-order chi connectivity index (χ0) is 18.1. The first kappa shape index (κ1) is 17.3. The van der Waals surface area contributed by atoms with E-state index in [1.807, 2.05) is 6.07 Å². The number of aromatic nitrogens is 3. The largest absolute Gasteiger partial charge is 0.454 e. The molecule has 0 aliphatic carbocycles. The van der Waals surface area contributed by atoms with Crippen molar-refractivity contribution in [3.05, 3.63) is 35.4 Å². The average Bonchev–Trinajstić information content (AvgIpc) is 3.22. The zero-order valence-corrected chi connectivity index (χ0v) is 15.8. The van der Waals surface area contributed by atoms with Crippen LogP contribution in [0.25, 0.3) is 0 Å². The molecule has 7 nitrogen and oxygen atoms in total. The van der Waals surface area contributed by atoms with E-state index < -0.39 is 0 Å². The summed E-state index contributed by atoms with van der Waals surface area (Å²) in [5, 5.41) is 8.91. The molecule has 1 atom stereocenters. The Labute approximate surface area is 154 Å². The molecule has 0 amide bonds. The van der Waals surface area contributed by atoms with Crippen LogP contribution in [0.4, 0.5) is 0 Å². The summed E-state index contributed by atoms with van der Waals surface area (Å²) in [4.78, 5) is 4.63. The Morgan fingerprint density at radius 1 is 1.19 bits per heavy atom. The minimum atomic E-state index is 0.325. The highest BCUT2D eigenvalue weighted by Gasteiger charge is 2.26. The summed E-state index contributed by atoms with van der Waals surface area (Å²) < 4.78 is 13.1. The molecule has 26 heavy (non-hydrogen) atoms. The fourth-order valence-electron chi connectivity index (χ4n) is 3.86. The van der Waals surface area contributed by atoms with Crippen molar-refractivity contribution in [2.45, 2.75) is 31.8 Å². The number of hydrogen-bond acceptors (Lipinski definition) is 6. The quantitative estimate of drug-likeness (QED) is 0.816. The van der Waals surface area contributed by atoms with E-state index in [-0.39, 0.29) is 0 Å². The van der Waals surface area contributed by atoms with Crippen LogP contribution in [0.15, 0.2) is 18.2 Å². The van der Waals surface area contributed by atoms with Gasteiger partial charge in [-0.15, -0.1) is 10.2 Å². The Bertz CT molecular complexity index is 773. The summed E-state index contributed by atoms with van der Waals surface area (Å²) in [7, 11) is 6.20. The standard InChI is InChI=1S/C19H27N5O2/c1-22(2)12-18-20-21-19(23(18)3)15-5-4-8-24(11-15)10-14-6-7-16-17(9-14)26-13-25-16/h6-7,9,15H,4-5,8,10-13H2,1-3H3/t15-/m1/s1. The zero-order valence-electron chi connectivity index (χ0n) is 15.8. The Kier molecular flexibility index (Phi) is 4.82. The Morgan fingerprint density at radius 3 is 2.88 bits per heavy atom. The second kappa shape index (κ2) is 7.25. The smallest absolute Gasteiger partial charge is 0.231 e. The van der Waals surface area contributed by atoms with Crippen LogP contribution in [0.5, 0.6) is 11.5 Å². The SMILES string of the molecule is CN(C)Cc1nnc([C@@H]2CCCN(Cc3ccc4c(c3)OCO4)C2)n1C. The molecule has 0 bridgehead atoms. The summed E-state index contributed by atoms with van der Waals surface area (Å²) in [6.45, 7) is 4.20. The van der Waals surface area contributed by atoms with Gasteiger partial charge in [0.15, 0.2) is 11.5 Å². The first-order valence-corrected chi connectivity index (χ1v) is 9.24. The number of rotatable bonds is 5. The van der Waals surface area contributed by atoms with Gasteiger partial charge in [-0.05, 0) is 51.2 Å². The van der Waals surface area contributed by atoms with Gasteiger partial charge in [0.05, 0.1) is 6.54 Å². The minimum absolute atomic E-state index is 0.325. The van der Waals surface area contributed by atoms with E-state index in [0.717, 1.165) is 49.3 Å². The summed E-state index contributed by atoms with van der Waals surface area (Å²) in [5.74, 6) is 4.27. The van der Waals surface area contributed by atoms with Crippen LogP contribution in [0.3, 0.4) is 0 Å². The number of benzene rings is 1. The molecule has 0 radical (unpaired) electrons. The summed E-state index contributed by atoms with van der Waals surface area (Å²) >= 11 is 0. The second-order valence-electron chi connectivity index (χ2n) is 7.53. The van der Waals surface area contributed by atoms with Crippen molar-refractivity contribution in [2.24, 2.45) is 7.05 Å². The van der Waals surface area contributed by atoms with Gasteiger partial charge in [-0.3, -0.25) is 4.90 Å². The number of piperidine rings is 1. The van der Waals surface area contributed by atoms with Gasteiger partial charge in [0.2, 0.25) is 6.79 Å². The van der Waals surface area contributed by atoms with Crippen LogP contribution in [-0.2, 0) is 20.1 Å². The lowest BCUT2D eigenvalue weighted by molar-refractivity contribution is 0.173. The maximum atomic E-state index is 5.50. The summed E-state index contributed by atoms with van der Waals surface area (Å²) in [5.41, 5.74) is 1.26. The third-order valence-electron chi connectivity index (χ3n) is 5.17. The number of nitrogens with zero attached hydrogens (tertiary/aromatic N) is 5. The van der Waals surface area contributed by atoms with E-state index in [4.69, 9.17) is 9.47 Å². The Hall–Kier alpha value is -2.12. The molecule has 2 aromatic rings. The number of likely N-dealkylation sites (tertiary alicyclic amines) is 1. The predicted octanol–water partition coefficient (Wildman–Crippen LogP) is 1.98. The molecule has 0 unspecified atom stereocenters. The Morgan fingerprint density at radius 2 is 2.04 bits per heavy atom. The van der Waals surface area contributed by atoms with Crippen molar-refractivity contribution in [3.8, 4) is 11.5 Å². The van der Waals surface area contributed by atoms with E-state index in [1.165, 1.54) is 18.4 Å². The molecular formula is C19H27N5O2. The molecule has 0 N–H and O–H groups in total. The van der Waals surface area contributed by atoms with Crippen molar-refractivity contribution < 1.29 is 9.47 Å². The third-order valence-corrected chi connectivity index (χ3v) is 5.17. The van der Waals surface area contributed by atoms with Gasteiger partial charge in [-0.25, -0.2) is 0 Å². The molecular weight excluding hydrogens is 330 g/mol. The van der Waals surface area contributed by atoms with Gasteiger partial charge in [0, 0.05) is 26.1 Å². The van der Waals surface area contributed by atoms with Crippen molar-refractivity contribution in [1.82, 2.24) is 24.6 Å². The highest BCUT2D eigenvalue weighted by molar-refractivity contribution is 5.44. The molecule has 0 spiro atoms. The van der Waals surface area contributed by atoms with Crippen molar-refractivity contribution in [2.75, 3.05) is 34.0 Å². The molecule has 140 valence electrons. The number of fused-ring (bicyclic) bond motifs is 1. The van der Waals surface area contributed by atoms with Crippen LogP contribution < -0.4 is 9.47 Å². The van der Waals surface area contributed by atoms with Crippen molar-refractivity contribution >= 4 is 0 Å². The maximum absolute atomic E-state index is 5.50. The van der Waals surface area contributed by atoms with Crippen LogP contribution in [0.2, 0.25) is 0 Å².